The molecule has 1 N–H and O–H groups in total. The van der Waals surface area contributed by atoms with Gasteiger partial charge < -0.3 is 14.3 Å². The summed E-state index contributed by atoms with van der Waals surface area (Å²) >= 11 is 0. The summed E-state index contributed by atoms with van der Waals surface area (Å²) in [4.78, 5) is 14.5. The Hall–Kier alpha value is -2.30. The van der Waals surface area contributed by atoms with Gasteiger partial charge in [-0.05, 0) is 11.5 Å². The molecule has 0 aliphatic rings. The van der Waals surface area contributed by atoms with E-state index in [0.29, 0.717) is 5.75 Å². The van der Waals surface area contributed by atoms with Crippen molar-refractivity contribution < 1.29 is 19.1 Å². The predicted molar refractivity (Wildman–Crippen MR) is 68.7 cm³/mol. The van der Waals surface area contributed by atoms with Crippen molar-refractivity contribution in [3.05, 3.63) is 41.8 Å². The molecule has 1 heterocycles. The first kappa shape index (κ1) is 13.1. The molecule has 5 heteroatoms. The summed E-state index contributed by atoms with van der Waals surface area (Å²) in [5.41, 5.74) is 0.715. The number of para-hydroxylation sites is 1. The first-order valence-electron chi connectivity index (χ1n) is 5.84. The lowest BCUT2D eigenvalue weighted by molar-refractivity contribution is 0.0690. The molecule has 0 radical (unpaired) electrons. The molecular weight excluding hydrogens is 246 g/mol. The molecule has 0 saturated carbocycles. The van der Waals surface area contributed by atoms with E-state index in [9.17, 15) is 4.79 Å². The van der Waals surface area contributed by atoms with Crippen LogP contribution in [0.1, 0.15) is 36.8 Å². The molecule has 0 amide bonds. The number of aromatic carboxylic acids is 1. The Morgan fingerprint density at radius 1 is 1.32 bits per heavy atom. The minimum atomic E-state index is -1.15. The van der Waals surface area contributed by atoms with Crippen LogP contribution in [0.25, 0.3) is 0 Å². The second-order valence-corrected chi connectivity index (χ2v) is 5.15. The standard InChI is InChI=1S/C14H15NO4/c1-14(2,3)9-6-4-5-7-11(9)19-13-15-10(8-18-13)12(16)17/h4-8H,1-3H3,(H,16,17). The molecule has 0 spiro atoms. The van der Waals surface area contributed by atoms with Crippen molar-refractivity contribution in [3.8, 4) is 11.8 Å². The van der Waals surface area contributed by atoms with E-state index in [1.54, 1.807) is 6.07 Å². The minimum Gasteiger partial charge on any atom is -0.476 e. The number of carboxylic acids is 1. The van der Waals surface area contributed by atoms with Crippen molar-refractivity contribution in [1.29, 1.82) is 0 Å². The summed E-state index contributed by atoms with van der Waals surface area (Å²) in [7, 11) is 0. The maximum atomic E-state index is 10.7. The van der Waals surface area contributed by atoms with Crippen LogP contribution < -0.4 is 4.74 Å². The van der Waals surface area contributed by atoms with Crippen molar-refractivity contribution >= 4 is 5.97 Å². The van der Waals surface area contributed by atoms with Crippen LogP contribution in [0.5, 0.6) is 11.8 Å². The number of ether oxygens (including phenoxy) is 1. The van der Waals surface area contributed by atoms with Crippen molar-refractivity contribution in [2.24, 2.45) is 0 Å². The van der Waals surface area contributed by atoms with Crippen molar-refractivity contribution in [2.45, 2.75) is 26.2 Å². The molecule has 0 atom stereocenters. The maximum absolute atomic E-state index is 10.7. The Balaban J connectivity index is 2.30. The zero-order valence-electron chi connectivity index (χ0n) is 11.0. The number of benzene rings is 1. The molecule has 1 aromatic heterocycles. The van der Waals surface area contributed by atoms with Gasteiger partial charge in [-0.2, -0.15) is 4.98 Å². The SMILES string of the molecule is CC(C)(C)c1ccccc1Oc1nc(C(=O)O)co1. The predicted octanol–water partition coefficient (Wildman–Crippen LogP) is 3.46. The largest absolute Gasteiger partial charge is 0.476 e. The number of rotatable bonds is 3. The lowest BCUT2D eigenvalue weighted by Gasteiger charge is -2.21. The van der Waals surface area contributed by atoms with Crippen LogP contribution in [0.15, 0.2) is 34.9 Å². The van der Waals surface area contributed by atoms with Gasteiger partial charge >= 0.3 is 12.0 Å². The van der Waals surface area contributed by atoms with Gasteiger partial charge in [0.2, 0.25) is 0 Å². The van der Waals surface area contributed by atoms with E-state index < -0.39 is 5.97 Å². The van der Waals surface area contributed by atoms with Crippen LogP contribution in [0, 0.1) is 0 Å². The first-order valence-corrected chi connectivity index (χ1v) is 5.84. The van der Waals surface area contributed by atoms with E-state index >= 15 is 0 Å². The van der Waals surface area contributed by atoms with Gasteiger partial charge in [0.05, 0.1) is 0 Å². The van der Waals surface area contributed by atoms with Gasteiger partial charge in [-0.3, -0.25) is 0 Å². The van der Waals surface area contributed by atoms with E-state index in [0.717, 1.165) is 11.8 Å². The van der Waals surface area contributed by atoms with Crippen LogP contribution in [0.2, 0.25) is 0 Å². The fraction of sp³-hybridized carbons (Fsp3) is 0.286. The number of carboxylic acid groups (broad SMARTS) is 1. The van der Waals surface area contributed by atoms with Gasteiger partial charge in [-0.1, -0.05) is 39.0 Å². The Labute approximate surface area is 110 Å². The summed E-state index contributed by atoms with van der Waals surface area (Å²) in [6, 6.07) is 7.51. The van der Waals surface area contributed by atoms with Crippen molar-refractivity contribution in [3.63, 3.8) is 0 Å². The molecular formula is C14H15NO4. The molecule has 0 saturated heterocycles. The second kappa shape index (κ2) is 4.76. The molecule has 2 aromatic rings. The van der Waals surface area contributed by atoms with Gasteiger partial charge in [0.25, 0.3) is 0 Å². The van der Waals surface area contributed by atoms with Crippen molar-refractivity contribution in [1.82, 2.24) is 4.98 Å². The van der Waals surface area contributed by atoms with Crippen LogP contribution in [0.4, 0.5) is 0 Å². The van der Waals surface area contributed by atoms with Gasteiger partial charge in [0, 0.05) is 5.56 Å². The average molecular weight is 261 g/mol. The van der Waals surface area contributed by atoms with Crippen LogP contribution in [0.3, 0.4) is 0 Å². The highest BCUT2D eigenvalue weighted by molar-refractivity contribution is 5.84. The number of aromatic nitrogens is 1. The molecule has 100 valence electrons. The Bertz CT molecular complexity index is 595. The molecule has 0 aliphatic heterocycles. The average Bonchev–Trinajstić information content (AvgIpc) is 2.77. The smallest absolute Gasteiger partial charge is 0.399 e. The molecule has 5 nitrogen and oxygen atoms in total. The summed E-state index contributed by atoms with van der Waals surface area (Å²) in [5, 5.41) is 8.77. The number of hydrogen-bond donors (Lipinski definition) is 1. The topological polar surface area (TPSA) is 72.6 Å². The van der Waals surface area contributed by atoms with E-state index in [1.165, 1.54) is 0 Å². The lowest BCUT2D eigenvalue weighted by atomic mass is 9.86. The van der Waals surface area contributed by atoms with Crippen LogP contribution in [-0.2, 0) is 5.41 Å². The fourth-order valence-electron chi connectivity index (χ4n) is 1.67. The lowest BCUT2D eigenvalue weighted by Crippen LogP contribution is -2.12. The monoisotopic (exact) mass is 261 g/mol. The number of carbonyl (C=O) groups is 1. The third kappa shape index (κ3) is 2.93. The summed E-state index contributed by atoms with van der Waals surface area (Å²) in [6.07, 6.45) is 0.978. The van der Waals surface area contributed by atoms with Gasteiger partial charge in [0.15, 0.2) is 5.69 Å². The van der Waals surface area contributed by atoms with E-state index in [-0.39, 0.29) is 17.2 Å². The Morgan fingerprint density at radius 2 is 2.00 bits per heavy atom. The molecule has 0 fully saturated rings. The molecule has 2 rings (SSSR count). The zero-order valence-corrected chi connectivity index (χ0v) is 11.0. The van der Waals surface area contributed by atoms with Crippen molar-refractivity contribution in [2.75, 3.05) is 0 Å². The highest BCUT2D eigenvalue weighted by Crippen LogP contribution is 2.33. The minimum absolute atomic E-state index is 0.0749. The third-order valence-corrected chi connectivity index (χ3v) is 2.59. The van der Waals surface area contributed by atoms with Crippen LogP contribution >= 0.6 is 0 Å². The second-order valence-electron chi connectivity index (χ2n) is 5.15. The first-order chi connectivity index (χ1) is 8.88. The molecule has 0 aliphatic carbocycles. The number of hydrogen-bond acceptors (Lipinski definition) is 4. The highest BCUT2D eigenvalue weighted by atomic mass is 16.6. The van der Waals surface area contributed by atoms with Gasteiger partial charge in [-0.25, -0.2) is 4.79 Å². The number of oxazole rings is 1. The summed E-state index contributed by atoms with van der Waals surface area (Å²) < 4.78 is 10.5. The Morgan fingerprint density at radius 3 is 2.58 bits per heavy atom. The van der Waals surface area contributed by atoms with Crippen LogP contribution in [-0.4, -0.2) is 16.1 Å². The summed E-state index contributed by atoms with van der Waals surface area (Å²) in [6.45, 7) is 6.19. The third-order valence-electron chi connectivity index (χ3n) is 2.59. The van der Waals surface area contributed by atoms with Gasteiger partial charge in [-0.15, -0.1) is 0 Å². The molecule has 0 unspecified atom stereocenters. The quantitative estimate of drug-likeness (QED) is 0.915. The van der Waals surface area contributed by atoms with E-state index in [4.69, 9.17) is 14.3 Å². The Kier molecular flexibility index (Phi) is 3.29. The van der Waals surface area contributed by atoms with E-state index in [2.05, 4.69) is 25.8 Å². The molecule has 1 aromatic carbocycles. The van der Waals surface area contributed by atoms with E-state index in [1.807, 2.05) is 18.2 Å². The number of nitrogens with zero attached hydrogens (tertiary/aromatic N) is 1. The van der Waals surface area contributed by atoms with Gasteiger partial charge in [0.1, 0.15) is 12.0 Å². The maximum Gasteiger partial charge on any atom is 0.399 e. The molecule has 19 heavy (non-hydrogen) atoms. The fourth-order valence-corrected chi connectivity index (χ4v) is 1.67. The highest BCUT2D eigenvalue weighted by Gasteiger charge is 2.20. The molecule has 0 bridgehead atoms. The summed E-state index contributed by atoms with van der Waals surface area (Å²) in [5.74, 6) is -0.545. The zero-order chi connectivity index (χ0) is 14.0. The normalized spacial score (nSPS) is 11.3.